The zero-order valence-corrected chi connectivity index (χ0v) is 20.5. The molecule has 0 aromatic heterocycles. The van der Waals surface area contributed by atoms with Gasteiger partial charge in [-0.3, -0.25) is 0 Å². The van der Waals surface area contributed by atoms with Crippen LogP contribution in [0.4, 0.5) is 0 Å². The Kier molecular flexibility index (Phi) is 21.4. The van der Waals surface area contributed by atoms with Crippen molar-refractivity contribution in [3.05, 3.63) is 0 Å². The fraction of sp³-hybridized carbons (Fsp3) is 1.00. The van der Waals surface area contributed by atoms with Gasteiger partial charge in [0, 0.05) is 0 Å². The summed E-state index contributed by atoms with van der Waals surface area (Å²) < 4.78 is 0. The molecule has 0 fully saturated rings. The second-order valence-electron chi connectivity index (χ2n) is 9.20. The van der Waals surface area contributed by atoms with Crippen molar-refractivity contribution in [3.8, 4) is 0 Å². The number of hydrogen-bond donors (Lipinski definition) is 0. The summed E-state index contributed by atoms with van der Waals surface area (Å²) in [5, 5.41) is 12.3. The third kappa shape index (κ3) is 17.0. The van der Waals surface area contributed by atoms with Gasteiger partial charge in [-0.25, -0.2) is 0 Å². The molecule has 0 bridgehead atoms. The van der Waals surface area contributed by atoms with Gasteiger partial charge >= 0.3 is 174 Å². The van der Waals surface area contributed by atoms with Gasteiger partial charge in [0.25, 0.3) is 0 Å². The number of unbranched alkanes of at least 4 members (excludes halogenated alkanes) is 15. The van der Waals surface area contributed by atoms with Crippen LogP contribution in [0.1, 0.15) is 136 Å². The van der Waals surface area contributed by atoms with Crippen LogP contribution in [-0.2, 0) is 5.11 Å². The summed E-state index contributed by atoms with van der Waals surface area (Å²) in [6.07, 6.45) is 29.0. The summed E-state index contributed by atoms with van der Waals surface area (Å²) in [7, 11) is -1.53. The second-order valence-corrected chi connectivity index (χ2v) is 14.0. The van der Waals surface area contributed by atoms with E-state index >= 15 is 0 Å². The van der Waals surface area contributed by atoms with Crippen LogP contribution in [0.15, 0.2) is 0 Å². The Bertz CT molecular complexity index is 239. The topological polar surface area (TPSA) is 19.9 Å². The zero-order valence-electron chi connectivity index (χ0n) is 19.5. The molecular weight excluding hydrogens is 347 g/mol. The normalized spacial score (nSPS) is 12.6. The third-order valence-electron chi connectivity index (χ3n) is 6.49. The first-order valence-electron chi connectivity index (χ1n) is 12.8. The average molecular weight is 402 g/mol. The van der Waals surface area contributed by atoms with Crippen molar-refractivity contribution in [1.82, 2.24) is 0 Å². The molecule has 0 amide bonds. The summed E-state index contributed by atoms with van der Waals surface area (Å²) in [5.74, 6) is 0. The molecule has 27 heavy (non-hydrogen) atoms. The number of rotatable bonds is 22. The molecule has 0 spiro atoms. The fourth-order valence-electron chi connectivity index (χ4n) is 4.43. The van der Waals surface area contributed by atoms with Gasteiger partial charge in [-0.05, 0) is 0 Å². The van der Waals surface area contributed by atoms with E-state index in [4.69, 9.17) is 0 Å². The van der Waals surface area contributed by atoms with Crippen molar-refractivity contribution < 1.29 is 5.11 Å². The first-order valence-corrected chi connectivity index (χ1v) is 15.7. The van der Waals surface area contributed by atoms with Crippen LogP contribution in [0.5, 0.6) is 0 Å². The van der Waals surface area contributed by atoms with E-state index in [2.05, 4.69) is 20.8 Å². The predicted octanol–water partition coefficient (Wildman–Crippen LogP) is 9.21. The van der Waals surface area contributed by atoms with Crippen LogP contribution in [0, 0.1) is 0 Å². The Morgan fingerprint density at radius 2 is 0.667 bits per heavy atom. The first-order chi connectivity index (χ1) is 13.2. The molecule has 0 saturated carbocycles. The van der Waals surface area contributed by atoms with Crippen LogP contribution in [0.2, 0.25) is 0 Å². The molecule has 165 valence electrons. The van der Waals surface area contributed by atoms with Crippen molar-refractivity contribution in [2.24, 2.45) is 0 Å². The Morgan fingerprint density at radius 1 is 0.407 bits per heavy atom. The molecule has 0 unspecified atom stereocenters. The molecule has 0 saturated heterocycles. The molecule has 1 nitrogen and oxygen atoms in total. The standard InChI is InChI=1S/C25H54OP/c1-4-7-10-13-16-19-22-27(25-26,23-20-17-14-11-8-5-2)24-21-18-15-12-9-6-3/h27H,4-25H2,1-3H3. The van der Waals surface area contributed by atoms with E-state index in [1.807, 2.05) is 0 Å². The van der Waals surface area contributed by atoms with Gasteiger partial charge in [-0.1, -0.05) is 0 Å². The predicted molar refractivity (Wildman–Crippen MR) is 129 cm³/mol. The molecule has 0 aliphatic carbocycles. The SMILES string of the molecule is CCCCCCCC[PH](C[O])(CCCCCCCC)CCCCCCCC. The molecule has 2 heteroatoms. The quantitative estimate of drug-likeness (QED) is 0.127. The molecular formula is C25H54OP. The van der Waals surface area contributed by atoms with Crippen LogP contribution >= 0.6 is 7.26 Å². The first kappa shape index (κ1) is 27.4. The fourth-order valence-corrected chi connectivity index (χ4v) is 8.62. The molecule has 0 aromatic carbocycles. The van der Waals surface area contributed by atoms with Gasteiger partial charge in [-0.2, -0.15) is 0 Å². The van der Waals surface area contributed by atoms with Gasteiger partial charge in [-0.15, -0.1) is 0 Å². The van der Waals surface area contributed by atoms with Crippen LogP contribution < -0.4 is 0 Å². The van der Waals surface area contributed by atoms with E-state index in [9.17, 15) is 5.11 Å². The summed E-state index contributed by atoms with van der Waals surface area (Å²) in [6, 6.07) is 0. The summed E-state index contributed by atoms with van der Waals surface area (Å²) in [6.45, 7) is 6.86. The van der Waals surface area contributed by atoms with Crippen molar-refractivity contribution in [3.63, 3.8) is 0 Å². The third-order valence-corrected chi connectivity index (χ3v) is 11.3. The van der Waals surface area contributed by atoms with E-state index < -0.39 is 7.26 Å². The Labute approximate surface area is 173 Å². The van der Waals surface area contributed by atoms with Crippen molar-refractivity contribution in [2.75, 3.05) is 24.8 Å². The molecule has 0 atom stereocenters. The van der Waals surface area contributed by atoms with E-state index in [1.165, 1.54) is 134 Å². The molecule has 0 N–H and O–H groups in total. The maximum absolute atomic E-state index is 12.3. The molecule has 0 aromatic rings. The molecule has 0 heterocycles. The van der Waals surface area contributed by atoms with Gasteiger partial charge in [0.2, 0.25) is 0 Å². The maximum atomic E-state index is 12.3. The molecule has 1 radical (unpaired) electrons. The van der Waals surface area contributed by atoms with Gasteiger partial charge < -0.3 is 0 Å². The Hall–Kier alpha value is 0.390. The van der Waals surface area contributed by atoms with Crippen LogP contribution in [0.25, 0.3) is 0 Å². The zero-order chi connectivity index (χ0) is 20.1. The van der Waals surface area contributed by atoms with E-state index in [1.54, 1.807) is 0 Å². The van der Waals surface area contributed by atoms with Crippen LogP contribution in [-0.4, -0.2) is 24.8 Å². The number of hydrogen-bond acceptors (Lipinski definition) is 0. The van der Waals surface area contributed by atoms with Gasteiger partial charge in [0.05, 0.1) is 0 Å². The minimum absolute atomic E-state index is 0.311. The Morgan fingerprint density at radius 3 is 0.926 bits per heavy atom. The summed E-state index contributed by atoms with van der Waals surface area (Å²) in [4.78, 5) is 0. The second kappa shape index (κ2) is 21.1. The van der Waals surface area contributed by atoms with Gasteiger partial charge in [0.1, 0.15) is 0 Å². The summed E-state index contributed by atoms with van der Waals surface area (Å²) >= 11 is 0. The molecule has 0 aliphatic heterocycles. The van der Waals surface area contributed by atoms with Crippen molar-refractivity contribution in [2.45, 2.75) is 136 Å². The average Bonchev–Trinajstić information content (AvgIpc) is 2.69. The monoisotopic (exact) mass is 401 g/mol. The molecule has 0 rings (SSSR count). The summed E-state index contributed by atoms with van der Waals surface area (Å²) in [5.41, 5.74) is 0. The van der Waals surface area contributed by atoms with E-state index in [-0.39, 0.29) is 0 Å². The minimum atomic E-state index is -1.53. The van der Waals surface area contributed by atoms with E-state index in [0.29, 0.717) is 6.35 Å². The Balaban J connectivity index is 4.23. The molecule has 0 aliphatic rings. The van der Waals surface area contributed by atoms with Crippen LogP contribution in [0.3, 0.4) is 0 Å². The van der Waals surface area contributed by atoms with Crippen molar-refractivity contribution >= 4 is 7.26 Å². The van der Waals surface area contributed by atoms with Gasteiger partial charge in [0.15, 0.2) is 0 Å². The van der Waals surface area contributed by atoms with Crippen molar-refractivity contribution in [1.29, 1.82) is 0 Å². The van der Waals surface area contributed by atoms with E-state index in [0.717, 1.165) is 0 Å².